The number of aryl methyl sites for hydroxylation is 1. The van der Waals surface area contributed by atoms with Crippen molar-refractivity contribution in [3.63, 3.8) is 0 Å². The van der Waals surface area contributed by atoms with E-state index in [9.17, 15) is 0 Å². The maximum absolute atomic E-state index is 6.42. The molecule has 17 heavy (non-hydrogen) atoms. The molecule has 1 unspecified atom stereocenters. The standard InChI is InChI=1S/C13H12Cl2OS/c1-8-7-9(3-4-10(8)16-2)13(15)11-5-6-12(14)17-11/h3-7,13H,1-2H3. The molecule has 1 nitrogen and oxygen atoms in total. The van der Waals surface area contributed by atoms with E-state index in [2.05, 4.69) is 0 Å². The highest BCUT2D eigenvalue weighted by molar-refractivity contribution is 7.16. The van der Waals surface area contributed by atoms with Crippen molar-refractivity contribution in [2.75, 3.05) is 7.11 Å². The third-order valence-corrected chi connectivity index (χ3v) is 4.47. The number of alkyl halides is 1. The van der Waals surface area contributed by atoms with Gasteiger partial charge >= 0.3 is 0 Å². The van der Waals surface area contributed by atoms with Crippen molar-refractivity contribution in [1.82, 2.24) is 0 Å². The van der Waals surface area contributed by atoms with Gasteiger partial charge in [0.05, 0.1) is 16.8 Å². The third kappa shape index (κ3) is 2.76. The van der Waals surface area contributed by atoms with Crippen molar-refractivity contribution in [1.29, 1.82) is 0 Å². The first-order chi connectivity index (χ1) is 8.11. The van der Waals surface area contributed by atoms with Gasteiger partial charge in [-0.15, -0.1) is 22.9 Å². The molecule has 0 aliphatic rings. The second kappa shape index (κ2) is 5.30. The smallest absolute Gasteiger partial charge is 0.121 e. The number of hydrogen-bond acceptors (Lipinski definition) is 2. The van der Waals surface area contributed by atoms with Crippen LogP contribution in [0.25, 0.3) is 0 Å². The Bertz CT molecular complexity index is 522. The maximum Gasteiger partial charge on any atom is 0.121 e. The molecule has 0 spiro atoms. The van der Waals surface area contributed by atoms with E-state index >= 15 is 0 Å². The lowest BCUT2D eigenvalue weighted by molar-refractivity contribution is 0.411. The van der Waals surface area contributed by atoms with Gasteiger partial charge in [0.1, 0.15) is 5.75 Å². The number of thiophene rings is 1. The second-order valence-electron chi connectivity index (χ2n) is 3.73. The van der Waals surface area contributed by atoms with Gasteiger partial charge in [0.25, 0.3) is 0 Å². The lowest BCUT2D eigenvalue weighted by Crippen LogP contribution is -1.93. The summed E-state index contributed by atoms with van der Waals surface area (Å²) in [5, 5.41) is -0.155. The molecule has 0 amide bonds. The topological polar surface area (TPSA) is 9.23 Å². The summed E-state index contributed by atoms with van der Waals surface area (Å²) in [6.45, 7) is 2.01. The first kappa shape index (κ1) is 12.7. The highest BCUT2D eigenvalue weighted by atomic mass is 35.5. The predicted molar refractivity (Wildman–Crippen MR) is 74.8 cm³/mol. The van der Waals surface area contributed by atoms with E-state index in [1.165, 1.54) is 11.3 Å². The normalized spacial score (nSPS) is 12.5. The molecule has 0 radical (unpaired) electrons. The van der Waals surface area contributed by atoms with E-state index in [0.717, 1.165) is 26.1 Å². The van der Waals surface area contributed by atoms with E-state index in [-0.39, 0.29) is 5.38 Å². The SMILES string of the molecule is COc1ccc(C(Cl)c2ccc(Cl)s2)cc1C. The van der Waals surface area contributed by atoms with Crippen molar-refractivity contribution in [3.05, 3.63) is 50.7 Å². The summed E-state index contributed by atoms with van der Waals surface area (Å²) in [4.78, 5) is 1.06. The molecule has 1 aromatic heterocycles. The number of rotatable bonds is 3. The maximum atomic E-state index is 6.42. The lowest BCUT2D eigenvalue weighted by atomic mass is 10.1. The number of halogens is 2. The molecule has 1 aromatic carbocycles. The van der Waals surface area contributed by atoms with Crippen molar-refractivity contribution in [2.24, 2.45) is 0 Å². The summed E-state index contributed by atoms with van der Waals surface area (Å²) in [7, 11) is 1.67. The first-order valence-corrected chi connectivity index (χ1v) is 6.78. The van der Waals surface area contributed by atoms with Gasteiger partial charge in [-0.1, -0.05) is 23.7 Å². The zero-order valence-electron chi connectivity index (χ0n) is 9.54. The van der Waals surface area contributed by atoms with Crippen molar-refractivity contribution < 1.29 is 4.74 Å². The van der Waals surface area contributed by atoms with Crippen LogP contribution in [0.5, 0.6) is 5.75 Å². The quantitative estimate of drug-likeness (QED) is 0.718. The number of hydrogen-bond donors (Lipinski definition) is 0. The molecule has 2 rings (SSSR count). The average molecular weight is 287 g/mol. The van der Waals surface area contributed by atoms with Gasteiger partial charge in [-0.3, -0.25) is 0 Å². The second-order valence-corrected chi connectivity index (χ2v) is 5.92. The summed E-state index contributed by atoms with van der Waals surface area (Å²) in [5.41, 5.74) is 2.14. The van der Waals surface area contributed by atoms with Crippen LogP contribution in [0.1, 0.15) is 21.4 Å². The van der Waals surface area contributed by atoms with Crippen LogP contribution in [0.4, 0.5) is 0 Å². The van der Waals surface area contributed by atoms with Gasteiger partial charge in [-0.05, 0) is 36.2 Å². The van der Waals surface area contributed by atoms with Gasteiger partial charge in [0.15, 0.2) is 0 Å². The fourth-order valence-electron chi connectivity index (χ4n) is 1.69. The molecule has 90 valence electrons. The summed E-state index contributed by atoms with van der Waals surface area (Å²) < 4.78 is 5.99. The van der Waals surface area contributed by atoms with E-state index in [1.54, 1.807) is 7.11 Å². The molecule has 1 atom stereocenters. The van der Waals surface area contributed by atoms with Crippen molar-refractivity contribution in [3.8, 4) is 5.75 Å². The molecule has 0 bridgehead atoms. The number of benzene rings is 1. The van der Waals surface area contributed by atoms with Gasteiger partial charge in [0.2, 0.25) is 0 Å². The Hall–Kier alpha value is -0.700. The van der Waals surface area contributed by atoms with Crippen LogP contribution in [-0.4, -0.2) is 7.11 Å². The van der Waals surface area contributed by atoms with Crippen LogP contribution in [0.3, 0.4) is 0 Å². The summed E-state index contributed by atoms with van der Waals surface area (Å²) >= 11 is 13.8. The molecule has 0 saturated heterocycles. The van der Waals surface area contributed by atoms with Crippen LogP contribution in [0.2, 0.25) is 4.34 Å². The van der Waals surface area contributed by atoms with Crippen molar-refractivity contribution >= 4 is 34.5 Å². The van der Waals surface area contributed by atoms with Gasteiger partial charge in [-0.25, -0.2) is 0 Å². The van der Waals surface area contributed by atoms with E-state index < -0.39 is 0 Å². The van der Waals surface area contributed by atoms with Gasteiger partial charge in [-0.2, -0.15) is 0 Å². The number of ether oxygens (including phenoxy) is 1. The average Bonchev–Trinajstić information content (AvgIpc) is 2.75. The Kier molecular flexibility index (Phi) is 3.97. The Morgan fingerprint density at radius 3 is 2.53 bits per heavy atom. The Labute approximate surface area is 115 Å². The van der Waals surface area contributed by atoms with E-state index in [4.69, 9.17) is 27.9 Å². The molecule has 4 heteroatoms. The Morgan fingerprint density at radius 2 is 2.00 bits per heavy atom. The van der Waals surface area contributed by atoms with Gasteiger partial charge in [0, 0.05) is 4.88 Å². The highest BCUT2D eigenvalue weighted by Crippen LogP contribution is 2.36. The van der Waals surface area contributed by atoms with Crippen LogP contribution < -0.4 is 4.74 Å². The molecule has 0 aliphatic heterocycles. The molecule has 2 aromatic rings. The molecule has 1 heterocycles. The Balaban J connectivity index is 2.31. The van der Waals surface area contributed by atoms with Crippen LogP contribution >= 0.6 is 34.5 Å². The largest absolute Gasteiger partial charge is 0.496 e. The summed E-state index contributed by atoms with van der Waals surface area (Å²) in [6.07, 6.45) is 0. The van der Waals surface area contributed by atoms with Crippen LogP contribution in [0.15, 0.2) is 30.3 Å². The fraction of sp³-hybridized carbons (Fsp3) is 0.231. The zero-order chi connectivity index (χ0) is 12.4. The lowest BCUT2D eigenvalue weighted by Gasteiger charge is -2.11. The molecule has 0 saturated carbocycles. The molecular weight excluding hydrogens is 275 g/mol. The molecule has 0 fully saturated rings. The minimum atomic E-state index is -0.155. The van der Waals surface area contributed by atoms with Crippen LogP contribution in [0, 0.1) is 6.92 Å². The van der Waals surface area contributed by atoms with Crippen molar-refractivity contribution in [2.45, 2.75) is 12.3 Å². The Morgan fingerprint density at radius 1 is 1.24 bits per heavy atom. The van der Waals surface area contributed by atoms with E-state index in [1.807, 2.05) is 37.3 Å². The minimum absolute atomic E-state index is 0.155. The van der Waals surface area contributed by atoms with Crippen LogP contribution in [-0.2, 0) is 0 Å². The monoisotopic (exact) mass is 286 g/mol. The highest BCUT2D eigenvalue weighted by Gasteiger charge is 2.14. The number of methoxy groups -OCH3 is 1. The minimum Gasteiger partial charge on any atom is -0.496 e. The summed E-state index contributed by atoms with van der Waals surface area (Å²) in [5.74, 6) is 0.877. The first-order valence-electron chi connectivity index (χ1n) is 5.15. The van der Waals surface area contributed by atoms with Gasteiger partial charge < -0.3 is 4.74 Å². The third-order valence-electron chi connectivity index (χ3n) is 2.56. The molecular formula is C13H12Cl2OS. The fourth-order valence-corrected chi connectivity index (χ4v) is 3.10. The predicted octanol–water partition coefficient (Wildman–Crippen LogP) is 5.05. The zero-order valence-corrected chi connectivity index (χ0v) is 11.9. The van der Waals surface area contributed by atoms with E-state index in [0.29, 0.717) is 0 Å². The molecule has 0 aliphatic carbocycles. The summed E-state index contributed by atoms with van der Waals surface area (Å²) in [6, 6.07) is 9.80. The molecule has 0 N–H and O–H groups in total.